The summed E-state index contributed by atoms with van der Waals surface area (Å²) in [4.78, 5) is 24.0. The molecule has 1 heterocycles. The molecule has 0 atom stereocenters. The average Bonchev–Trinajstić information content (AvgIpc) is 3.11. The maximum Gasteiger partial charge on any atom is 0.306 e. The number of para-hydroxylation sites is 1. The Morgan fingerprint density at radius 3 is 2.53 bits per heavy atom. The smallest absolute Gasteiger partial charge is 0.306 e. The molecule has 4 rings (SSSR count). The lowest BCUT2D eigenvalue weighted by Crippen LogP contribution is -2.12. The lowest BCUT2D eigenvalue weighted by Gasteiger charge is -2.07. The van der Waals surface area contributed by atoms with E-state index in [4.69, 9.17) is 9.15 Å². The zero-order chi connectivity index (χ0) is 20.9. The Morgan fingerprint density at radius 2 is 1.67 bits per heavy atom. The van der Waals surface area contributed by atoms with Gasteiger partial charge in [0.1, 0.15) is 23.6 Å². The number of benzene rings is 3. The van der Waals surface area contributed by atoms with E-state index in [-0.39, 0.29) is 25.4 Å². The third-order valence-electron chi connectivity index (χ3n) is 4.79. The number of halogens is 1. The molecule has 30 heavy (non-hydrogen) atoms. The minimum atomic E-state index is -0.463. The highest BCUT2D eigenvalue weighted by Gasteiger charge is 2.10. The lowest BCUT2D eigenvalue weighted by molar-refractivity contribution is -0.145. The molecule has 0 spiro atoms. The van der Waals surface area contributed by atoms with Gasteiger partial charge in [-0.25, -0.2) is 4.39 Å². The van der Waals surface area contributed by atoms with E-state index in [1.807, 2.05) is 36.4 Å². The van der Waals surface area contributed by atoms with Crippen LogP contribution >= 0.6 is 0 Å². The first-order valence-corrected chi connectivity index (χ1v) is 9.70. The molecule has 4 aromatic rings. The molecule has 0 aliphatic carbocycles. The van der Waals surface area contributed by atoms with Gasteiger partial charge in [0.05, 0.1) is 0 Å². The summed E-state index contributed by atoms with van der Waals surface area (Å²) in [5.74, 6) is -1.08. The quantitative estimate of drug-likeness (QED) is 0.408. The lowest BCUT2D eigenvalue weighted by atomic mass is 10.1. The number of anilines is 1. The fourth-order valence-electron chi connectivity index (χ4n) is 3.27. The van der Waals surface area contributed by atoms with Crippen molar-refractivity contribution < 1.29 is 23.1 Å². The van der Waals surface area contributed by atoms with E-state index < -0.39 is 11.8 Å². The molecule has 1 N–H and O–H groups in total. The second-order valence-corrected chi connectivity index (χ2v) is 6.96. The molecule has 0 unspecified atom stereocenters. The van der Waals surface area contributed by atoms with Crippen molar-refractivity contribution in [1.29, 1.82) is 0 Å². The molecule has 3 aromatic carbocycles. The summed E-state index contributed by atoms with van der Waals surface area (Å²) in [6, 6.07) is 19.4. The van der Waals surface area contributed by atoms with Gasteiger partial charge < -0.3 is 14.5 Å². The third-order valence-corrected chi connectivity index (χ3v) is 4.79. The molecular formula is C24H20FNO4. The Bertz CT molecular complexity index is 1210. The normalized spacial score (nSPS) is 11.0. The van der Waals surface area contributed by atoms with Crippen LogP contribution in [0.25, 0.3) is 21.9 Å². The van der Waals surface area contributed by atoms with Crippen LogP contribution in [-0.2, 0) is 20.9 Å². The standard InChI is InChI=1S/C24H20FNO4/c25-20-8-3-1-6-16(20)15-29-24(28)11-5-10-23(27)26-17-12-13-19-18-7-2-4-9-21(18)30-22(19)14-17/h1-4,6-9,12-14H,5,10-11,15H2,(H,26,27). The highest BCUT2D eigenvalue weighted by Crippen LogP contribution is 2.30. The van der Waals surface area contributed by atoms with Gasteiger partial charge in [-0.3, -0.25) is 9.59 Å². The first kappa shape index (κ1) is 19.6. The molecule has 6 heteroatoms. The van der Waals surface area contributed by atoms with E-state index in [1.165, 1.54) is 6.07 Å². The molecule has 1 aromatic heterocycles. The Hall–Kier alpha value is -3.67. The van der Waals surface area contributed by atoms with Gasteiger partial charge in [-0.2, -0.15) is 0 Å². The molecule has 0 saturated heterocycles. The average molecular weight is 405 g/mol. The van der Waals surface area contributed by atoms with Gasteiger partial charge in [-0.05, 0) is 30.7 Å². The van der Waals surface area contributed by atoms with Crippen LogP contribution in [0.4, 0.5) is 10.1 Å². The second kappa shape index (κ2) is 8.78. The third kappa shape index (κ3) is 4.49. The maximum atomic E-state index is 13.5. The van der Waals surface area contributed by atoms with E-state index in [2.05, 4.69) is 5.32 Å². The summed E-state index contributed by atoms with van der Waals surface area (Å²) >= 11 is 0. The number of hydrogen-bond donors (Lipinski definition) is 1. The first-order valence-electron chi connectivity index (χ1n) is 9.70. The number of furan rings is 1. The Balaban J connectivity index is 1.26. The number of ether oxygens (including phenoxy) is 1. The minimum Gasteiger partial charge on any atom is -0.461 e. The molecule has 0 bridgehead atoms. The van der Waals surface area contributed by atoms with Crippen LogP contribution in [-0.4, -0.2) is 11.9 Å². The minimum absolute atomic E-state index is 0.0878. The summed E-state index contributed by atoms with van der Waals surface area (Å²) < 4.78 is 24.4. The monoisotopic (exact) mass is 405 g/mol. The molecule has 0 aliphatic rings. The number of rotatable bonds is 7. The van der Waals surface area contributed by atoms with Crippen LogP contribution in [0.5, 0.6) is 0 Å². The van der Waals surface area contributed by atoms with Crippen LogP contribution < -0.4 is 5.32 Å². The van der Waals surface area contributed by atoms with Crippen LogP contribution in [0.2, 0.25) is 0 Å². The Kier molecular flexibility index (Phi) is 5.75. The first-order chi connectivity index (χ1) is 14.6. The van der Waals surface area contributed by atoms with E-state index in [1.54, 1.807) is 24.3 Å². The van der Waals surface area contributed by atoms with E-state index >= 15 is 0 Å². The van der Waals surface area contributed by atoms with Crippen LogP contribution in [0.15, 0.2) is 71.1 Å². The topological polar surface area (TPSA) is 68.5 Å². The Morgan fingerprint density at radius 1 is 0.900 bits per heavy atom. The number of hydrogen-bond acceptors (Lipinski definition) is 4. The maximum absolute atomic E-state index is 13.5. The van der Waals surface area contributed by atoms with Crippen molar-refractivity contribution in [3.8, 4) is 0 Å². The zero-order valence-electron chi connectivity index (χ0n) is 16.2. The van der Waals surface area contributed by atoms with Crippen molar-refractivity contribution in [2.75, 3.05) is 5.32 Å². The predicted octanol–water partition coefficient (Wildman–Crippen LogP) is 5.58. The van der Waals surface area contributed by atoms with Gasteiger partial charge in [0.2, 0.25) is 5.91 Å². The summed E-state index contributed by atoms with van der Waals surface area (Å²) in [6.07, 6.45) is 0.603. The van der Waals surface area contributed by atoms with Gasteiger partial charge >= 0.3 is 5.97 Å². The number of esters is 1. The highest BCUT2D eigenvalue weighted by molar-refractivity contribution is 6.06. The fraction of sp³-hybridized carbons (Fsp3) is 0.167. The second-order valence-electron chi connectivity index (χ2n) is 6.96. The summed E-state index contributed by atoms with van der Waals surface area (Å²) in [6.45, 7) is -0.116. The van der Waals surface area contributed by atoms with Gasteiger partial charge in [-0.1, -0.05) is 36.4 Å². The van der Waals surface area contributed by atoms with Crippen molar-refractivity contribution >= 4 is 39.5 Å². The van der Waals surface area contributed by atoms with Crippen LogP contribution in [0.1, 0.15) is 24.8 Å². The molecule has 0 aliphatic heterocycles. The fourth-order valence-corrected chi connectivity index (χ4v) is 3.27. The van der Waals surface area contributed by atoms with Crippen LogP contribution in [0, 0.1) is 5.82 Å². The molecular weight excluding hydrogens is 385 g/mol. The largest absolute Gasteiger partial charge is 0.461 e. The molecule has 0 saturated carbocycles. The van der Waals surface area contributed by atoms with E-state index in [0.29, 0.717) is 23.3 Å². The van der Waals surface area contributed by atoms with Gasteiger partial charge in [0.15, 0.2) is 0 Å². The molecule has 5 nitrogen and oxygen atoms in total. The van der Waals surface area contributed by atoms with Gasteiger partial charge in [0, 0.05) is 40.9 Å². The number of carbonyl (C=O) groups is 2. The van der Waals surface area contributed by atoms with Crippen molar-refractivity contribution in [3.05, 3.63) is 78.1 Å². The highest BCUT2D eigenvalue weighted by atomic mass is 19.1. The van der Waals surface area contributed by atoms with Gasteiger partial charge in [0.25, 0.3) is 0 Å². The zero-order valence-corrected chi connectivity index (χ0v) is 16.2. The molecule has 0 radical (unpaired) electrons. The number of amides is 1. The van der Waals surface area contributed by atoms with Crippen molar-refractivity contribution in [1.82, 2.24) is 0 Å². The number of fused-ring (bicyclic) bond motifs is 3. The summed E-state index contributed by atoms with van der Waals surface area (Å²) in [5, 5.41) is 4.83. The summed E-state index contributed by atoms with van der Waals surface area (Å²) in [5.41, 5.74) is 2.45. The van der Waals surface area contributed by atoms with Crippen molar-refractivity contribution in [2.24, 2.45) is 0 Å². The predicted molar refractivity (Wildman–Crippen MR) is 112 cm³/mol. The van der Waals surface area contributed by atoms with Crippen molar-refractivity contribution in [2.45, 2.75) is 25.9 Å². The molecule has 152 valence electrons. The Labute approximate surface area is 172 Å². The molecule has 1 amide bonds. The molecule has 0 fully saturated rings. The number of nitrogens with one attached hydrogen (secondary N) is 1. The van der Waals surface area contributed by atoms with E-state index in [9.17, 15) is 14.0 Å². The summed E-state index contributed by atoms with van der Waals surface area (Å²) in [7, 11) is 0. The number of carbonyl (C=O) groups excluding carboxylic acids is 2. The van der Waals surface area contributed by atoms with Gasteiger partial charge in [-0.15, -0.1) is 0 Å². The van der Waals surface area contributed by atoms with E-state index in [0.717, 1.165) is 16.4 Å². The SMILES string of the molecule is O=C(CCCC(=O)OCc1ccccc1F)Nc1ccc2c(c1)oc1ccccc12. The van der Waals surface area contributed by atoms with Crippen LogP contribution in [0.3, 0.4) is 0 Å². The van der Waals surface area contributed by atoms with Crippen molar-refractivity contribution in [3.63, 3.8) is 0 Å².